The summed E-state index contributed by atoms with van der Waals surface area (Å²) in [5.41, 5.74) is 1.93. The third-order valence-electron chi connectivity index (χ3n) is 2.89. The van der Waals surface area contributed by atoms with Gasteiger partial charge in [0.1, 0.15) is 11.9 Å². The lowest BCUT2D eigenvalue weighted by molar-refractivity contribution is 0.102. The first-order valence-corrected chi connectivity index (χ1v) is 6.54. The molecule has 2 N–H and O–H groups in total. The van der Waals surface area contributed by atoms with Crippen molar-refractivity contribution in [3.8, 4) is 6.07 Å². The highest BCUT2D eigenvalue weighted by atomic mass is 16.1. The number of nitriles is 1. The summed E-state index contributed by atoms with van der Waals surface area (Å²) in [5, 5.41) is 22.6. The molecule has 106 valence electrons. The number of nitrogens with zero attached hydrogens (tertiary/aromatic N) is 3. The van der Waals surface area contributed by atoms with E-state index in [1.54, 1.807) is 24.3 Å². The van der Waals surface area contributed by atoms with Gasteiger partial charge in [-0.1, -0.05) is 12.1 Å². The topological polar surface area (TPSA) is 90.7 Å². The Balaban J connectivity index is 2.19. The molecule has 1 aromatic heterocycles. The molecule has 0 fully saturated rings. The second-order valence-corrected chi connectivity index (χ2v) is 4.40. The predicted molar refractivity (Wildman–Crippen MR) is 80.0 cm³/mol. The maximum Gasteiger partial charge on any atom is 0.276 e. The number of amides is 1. The van der Waals surface area contributed by atoms with E-state index >= 15 is 0 Å². The Morgan fingerprint density at radius 1 is 1.29 bits per heavy atom. The molecule has 1 aromatic carbocycles. The molecule has 0 aliphatic rings. The van der Waals surface area contributed by atoms with Crippen LogP contribution in [-0.4, -0.2) is 22.6 Å². The average molecular weight is 281 g/mol. The molecule has 0 saturated heterocycles. The van der Waals surface area contributed by atoms with Crippen molar-refractivity contribution in [2.75, 3.05) is 17.2 Å². The van der Waals surface area contributed by atoms with Gasteiger partial charge in [-0.25, -0.2) is 0 Å². The van der Waals surface area contributed by atoms with Crippen LogP contribution in [0.2, 0.25) is 0 Å². The normalized spacial score (nSPS) is 9.76. The first kappa shape index (κ1) is 14.5. The van der Waals surface area contributed by atoms with Crippen LogP contribution in [0.15, 0.2) is 30.3 Å². The fourth-order valence-electron chi connectivity index (χ4n) is 1.84. The van der Waals surface area contributed by atoms with Crippen LogP contribution in [0.3, 0.4) is 0 Å². The van der Waals surface area contributed by atoms with Crippen LogP contribution in [0.5, 0.6) is 0 Å². The number of rotatable bonds is 4. The van der Waals surface area contributed by atoms with Crippen LogP contribution in [-0.2, 0) is 0 Å². The molecule has 0 atom stereocenters. The van der Waals surface area contributed by atoms with Crippen molar-refractivity contribution < 1.29 is 4.79 Å². The summed E-state index contributed by atoms with van der Waals surface area (Å²) in [5.74, 6) is 0.218. The molecule has 0 saturated carbocycles. The molecule has 1 amide bonds. The summed E-state index contributed by atoms with van der Waals surface area (Å²) < 4.78 is 0. The zero-order chi connectivity index (χ0) is 15.2. The van der Waals surface area contributed by atoms with E-state index in [0.717, 1.165) is 12.1 Å². The Bertz CT molecular complexity index is 688. The third-order valence-corrected chi connectivity index (χ3v) is 2.89. The van der Waals surface area contributed by atoms with E-state index in [1.807, 2.05) is 19.9 Å². The van der Waals surface area contributed by atoms with Crippen LogP contribution in [0.25, 0.3) is 0 Å². The number of aromatic nitrogens is 2. The number of aryl methyl sites for hydroxylation is 1. The van der Waals surface area contributed by atoms with Crippen LogP contribution < -0.4 is 10.6 Å². The highest BCUT2D eigenvalue weighted by Gasteiger charge is 2.12. The molecule has 1 heterocycles. The molecule has 2 aromatic rings. The van der Waals surface area contributed by atoms with Gasteiger partial charge >= 0.3 is 0 Å². The second-order valence-electron chi connectivity index (χ2n) is 4.40. The van der Waals surface area contributed by atoms with Gasteiger partial charge < -0.3 is 10.6 Å². The van der Waals surface area contributed by atoms with Gasteiger partial charge in [-0.15, -0.1) is 10.2 Å². The van der Waals surface area contributed by atoms with Crippen molar-refractivity contribution in [2.24, 2.45) is 0 Å². The molecular weight excluding hydrogens is 266 g/mol. The van der Waals surface area contributed by atoms with E-state index in [2.05, 4.69) is 26.9 Å². The summed E-state index contributed by atoms with van der Waals surface area (Å²) in [7, 11) is 0. The van der Waals surface area contributed by atoms with Gasteiger partial charge in [-0.3, -0.25) is 4.79 Å². The lowest BCUT2D eigenvalue weighted by atomic mass is 10.1. The quantitative estimate of drug-likeness (QED) is 0.897. The number of benzene rings is 1. The largest absolute Gasteiger partial charge is 0.369 e. The Labute approximate surface area is 122 Å². The van der Waals surface area contributed by atoms with Crippen molar-refractivity contribution in [1.82, 2.24) is 10.2 Å². The Morgan fingerprint density at radius 3 is 2.71 bits per heavy atom. The second kappa shape index (κ2) is 6.48. The molecule has 0 aliphatic carbocycles. The molecule has 0 aliphatic heterocycles. The SMILES string of the molecule is CCNc1ccc(C(=O)Nc2cccc(C)c2C#N)nn1. The fourth-order valence-corrected chi connectivity index (χ4v) is 1.84. The summed E-state index contributed by atoms with van der Waals surface area (Å²) in [4.78, 5) is 12.1. The molecule has 0 unspecified atom stereocenters. The fraction of sp³-hybridized carbons (Fsp3) is 0.200. The van der Waals surface area contributed by atoms with E-state index in [1.165, 1.54) is 0 Å². The van der Waals surface area contributed by atoms with Crippen molar-refractivity contribution in [1.29, 1.82) is 5.26 Å². The first-order valence-electron chi connectivity index (χ1n) is 6.54. The Kier molecular flexibility index (Phi) is 4.46. The van der Waals surface area contributed by atoms with E-state index in [0.29, 0.717) is 17.1 Å². The van der Waals surface area contributed by atoms with Crippen molar-refractivity contribution in [2.45, 2.75) is 13.8 Å². The maximum absolute atomic E-state index is 12.1. The van der Waals surface area contributed by atoms with Crippen LogP contribution in [0, 0.1) is 18.3 Å². The average Bonchev–Trinajstić information content (AvgIpc) is 2.48. The summed E-state index contributed by atoms with van der Waals surface area (Å²) in [6.07, 6.45) is 0. The number of anilines is 2. The van der Waals surface area contributed by atoms with E-state index in [-0.39, 0.29) is 5.69 Å². The van der Waals surface area contributed by atoms with Gasteiger partial charge in [0.2, 0.25) is 0 Å². The van der Waals surface area contributed by atoms with Gasteiger partial charge in [-0.05, 0) is 37.6 Å². The number of nitrogens with one attached hydrogen (secondary N) is 2. The molecule has 2 rings (SSSR count). The van der Waals surface area contributed by atoms with Crippen molar-refractivity contribution >= 4 is 17.4 Å². The van der Waals surface area contributed by atoms with E-state index in [9.17, 15) is 4.79 Å². The van der Waals surface area contributed by atoms with Gasteiger partial charge in [0, 0.05) is 6.54 Å². The lowest BCUT2D eigenvalue weighted by Gasteiger charge is -2.08. The van der Waals surface area contributed by atoms with Crippen LogP contribution >= 0.6 is 0 Å². The smallest absolute Gasteiger partial charge is 0.276 e. The monoisotopic (exact) mass is 281 g/mol. The number of carbonyl (C=O) groups excluding carboxylic acids is 1. The predicted octanol–water partition coefficient (Wildman–Crippen LogP) is 2.34. The van der Waals surface area contributed by atoms with Crippen LogP contribution in [0.4, 0.5) is 11.5 Å². The molecule has 6 nitrogen and oxygen atoms in total. The molecule has 0 bridgehead atoms. The highest BCUT2D eigenvalue weighted by Crippen LogP contribution is 2.18. The number of carbonyl (C=O) groups is 1. The summed E-state index contributed by atoms with van der Waals surface area (Å²) >= 11 is 0. The van der Waals surface area contributed by atoms with Gasteiger partial charge in [-0.2, -0.15) is 5.26 Å². The first-order chi connectivity index (χ1) is 10.2. The molecule has 0 radical (unpaired) electrons. The van der Waals surface area contributed by atoms with Crippen molar-refractivity contribution in [3.63, 3.8) is 0 Å². The minimum Gasteiger partial charge on any atom is -0.369 e. The maximum atomic E-state index is 12.1. The summed E-state index contributed by atoms with van der Waals surface area (Å²) in [6.45, 7) is 4.50. The molecule has 21 heavy (non-hydrogen) atoms. The number of hydrogen-bond donors (Lipinski definition) is 2. The molecule has 6 heteroatoms. The lowest BCUT2D eigenvalue weighted by Crippen LogP contribution is -2.16. The standard InChI is InChI=1S/C15H15N5O/c1-3-17-14-8-7-13(19-20-14)15(21)18-12-6-4-5-10(2)11(12)9-16/h4-8H,3H2,1-2H3,(H,17,20)(H,18,21). The Hall–Kier alpha value is -2.94. The van der Waals surface area contributed by atoms with Gasteiger partial charge in [0.25, 0.3) is 5.91 Å². The minimum absolute atomic E-state index is 0.196. The van der Waals surface area contributed by atoms with E-state index < -0.39 is 5.91 Å². The van der Waals surface area contributed by atoms with Crippen molar-refractivity contribution in [3.05, 3.63) is 47.2 Å². The summed E-state index contributed by atoms with van der Waals surface area (Å²) in [6, 6.07) is 10.6. The van der Waals surface area contributed by atoms with E-state index in [4.69, 9.17) is 5.26 Å². The minimum atomic E-state index is -0.396. The van der Waals surface area contributed by atoms with Gasteiger partial charge in [0.15, 0.2) is 5.69 Å². The number of hydrogen-bond acceptors (Lipinski definition) is 5. The third kappa shape index (κ3) is 3.34. The highest BCUT2D eigenvalue weighted by molar-refractivity contribution is 6.03. The van der Waals surface area contributed by atoms with Crippen LogP contribution in [0.1, 0.15) is 28.5 Å². The van der Waals surface area contributed by atoms with Gasteiger partial charge in [0.05, 0.1) is 11.3 Å². The zero-order valence-electron chi connectivity index (χ0n) is 11.8. The zero-order valence-corrected chi connectivity index (χ0v) is 11.8. The molecule has 0 spiro atoms. The molecular formula is C15H15N5O. The Morgan fingerprint density at radius 2 is 2.10 bits per heavy atom.